The van der Waals surface area contributed by atoms with E-state index < -0.39 is 0 Å². The first-order valence-corrected chi connectivity index (χ1v) is 8.09. The molecule has 0 atom stereocenters. The fourth-order valence-electron chi connectivity index (χ4n) is 2.48. The van der Waals surface area contributed by atoms with Crippen molar-refractivity contribution >= 4 is 5.91 Å². The molecule has 0 spiro atoms. The third-order valence-corrected chi connectivity index (χ3v) is 3.92. The highest BCUT2D eigenvalue weighted by molar-refractivity contribution is 5.76. The Kier molecular flexibility index (Phi) is 5.22. The van der Waals surface area contributed by atoms with Gasteiger partial charge in [-0.1, -0.05) is 24.3 Å². The molecule has 1 N–H and O–H groups in total. The summed E-state index contributed by atoms with van der Waals surface area (Å²) in [5.74, 6) is 0.0144. The summed E-state index contributed by atoms with van der Waals surface area (Å²) < 4.78 is 1.79. The zero-order chi connectivity index (χ0) is 17.5. The Labute approximate surface area is 146 Å². The third kappa shape index (κ3) is 4.55. The van der Waals surface area contributed by atoms with Gasteiger partial charge < -0.3 is 5.32 Å². The molecule has 0 fully saturated rings. The number of amides is 1. The average Bonchev–Trinajstić information content (AvgIpc) is 3.20. The second kappa shape index (κ2) is 7.93. The number of carbonyl (C=O) groups is 1. The number of benzene rings is 2. The molecular weight excluding hydrogens is 312 g/mol. The molecule has 25 heavy (non-hydrogen) atoms. The summed E-state index contributed by atoms with van der Waals surface area (Å²) in [4.78, 5) is 12.0. The smallest absolute Gasteiger partial charge is 0.220 e. The van der Waals surface area contributed by atoms with Gasteiger partial charge in [-0.05, 0) is 47.9 Å². The van der Waals surface area contributed by atoms with Crippen LogP contribution in [0.5, 0.6) is 0 Å². The summed E-state index contributed by atoms with van der Waals surface area (Å²) in [5, 5.41) is 15.9. The molecule has 0 radical (unpaired) electrons. The van der Waals surface area contributed by atoms with E-state index in [9.17, 15) is 4.79 Å². The van der Waals surface area contributed by atoms with Gasteiger partial charge in [-0.25, -0.2) is 4.68 Å². The lowest BCUT2D eigenvalue weighted by Crippen LogP contribution is -2.23. The molecule has 1 amide bonds. The number of nitriles is 1. The minimum Gasteiger partial charge on any atom is -0.352 e. The highest BCUT2D eigenvalue weighted by Gasteiger charge is 2.03. The van der Waals surface area contributed by atoms with Crippen LogP contribution in [0.15, 0.2) is 67.0 Å². The minimum atomic E-state index is 0.0144. The van der Waals surface area contributed by atoms with Crippen LogP contribution >= 0.6 is 0 Å². The number of hydrogen-bond donors (Lipinski definition) is 1. The SMILES string of the molecule is N#Cc1ccc(CCC(=O)NCc2ccc(-n3cccn3)cc2)cc1. The molecule has 0 bridgehead atoms. The van der Waals surface area contributed by atoms with Crippen LogP contribution in [0.1, 0.15) is 23.1 Å². The number of hydrogen-bond acceptors (Lipinski definition) is 3. The summed E-state index contributed by atoms with van der Waals surface area (Å²) in [6, 6.07) is 19.2. The maximum atomic E-state index is 12.0. The Balaban J connectivity index is 1.46. The Morgan fingerprint density at radius 3 is 2.44 bits per heavy atom. The Bertz CT molecular complexity index is 860. The number of nitrogens with one attached hydrogen (secondary N) is 1. The lowest BCUT2D eigenvalue weighted by molar-refractivity contribution is -0.121. The van der Waals surface area contributed by atoms with Gasteiger partial charge in [0.15, 0.2) is 0 Å². The second-order valence-corrected chi connectivity index (χ2v) is 5.70. The molecule has 3 rings (SSSR count). The van der Waals surface area contributed by atoms with Crippen molar-refractivity contribution in [3.63, 3.8) is 0 Å². The van der Waals surface area contributed by atoms with Crippen molar-refractivity contribution in [1.82, 2.24) is 15.1 Å². The van der Waals surface area contributed by atoms with Crippen LogP contribution in [0.4, 0.5) is 0 Å². The largest absolute Gasteiger partial charge is 0.352 e. The van der Waals surface area contributed by atoms with Gasteiger partial charge in [-0.2, -0.15) is 10.4 Å². The number of aromatic nitrogens is 2. The fraction of sp³-hybridized carbons (Fsp3) is 0.150. The average molecular weight is 330 g/mol. The third-order valence-electron chi connectivity index (χ3n) is 3.92. The molecule has 1 heterocycles. The topological polar surface area (TPSA) is 70.7 Å². The van der Waals surface area contributed by atoms with E-state index in [2.05, 4.69) is 16.5 Å². The van der Waals surface area contributed by atoms with Crippen molar-refractivity contribution in [3.8, 4) is 11.8 Å². The van der Waals surface area contributed by atoms with Gasteiger partial charge in [0.2, 0.25) is 5.91 Å². The van der Waals surface area contributed by atoms with Crippen LogP contribution in [0.25, 0.3) is 5.69 Å². The molecule has 0 aliphatic rings. The molecule has 5 heteroatoms. The number of nitrogens with zero attached hydrogens (tertiary/aromatic N) is 3. The van der Waals surface area contributed by atoms with Gasteiger partial charge in [0.25, 0.3) is 0 Å². The predicted octanol–water partition coefficient (Wildman–Crippen LogP) is 2.99. The maximum absolute atomic E-state index is 12.0. The van der Waals surface area contributed by atoms with E-state index in [0.29, 0.717) is 24.9 Å². The van der Waals surface area contributed by atoms with Crippen LogP contribution in [0, 0.1) is 11.3 Å². The molecule has 0 aliphatic carbocycles. The highest BCUT2D eigenvalue weighted by atomic mass is 16.1. The van der Waals surface area contributed by atoms with Crippen LogP contribution in [0.2, 0.25) is 0 Å². The van der Waals surface area contributed by atoms with E-state index in [1.54, 1.807) is 23.0 Å². The first-order chi connectivity index (χ1) is 12.2. The molecule has 5 nitrogen and oxygen atoms in total. The number of carbonyl (C=O) groups excluding carboxylic acids is 1. The van der Waals surface area contributed by atoms with Crippen LogP contribution in [0.3, 0.4) is 0 Å². The minimum absolute atomic E-state index is 0.0144. The first kappa shape index (κ1) is 16.5. The quantitative estimate of drug-likeness (QED) is 0.755. The van der Waals surface area contributed by atoms with Gasteiger partial charge in [-0.3, -0.25) is 4.79 Å². The van der Waals surface area contributed by atoms with Crippen LogP contribution in [-0.4, -0.2) is 15.7 Å². The Hall–Kier alpha value is -3.39. The van der Waals surface area contributed by atoms with Gasteiger partial charge in [0.1, 0.15) is 0 Å². The van der Waals surface area contributed by atoms with Crippen molar-refractivity contribution in [2.45, 2.75) is 19.4 Å². The Morgan fingerprint density at radius 2 is 1.80 bits per heavy atom. The fourth-order valence-corrected chi connectivity index (χ4v) is 2.48. The first-order valence-electron chi connectivity index (χ1n) is 8.09. The van der Waals surface area contributed by atoms with Crippen molar-refractivity contribution < 1.29 is 4.79 Å². The lowest BCUT2D eigenvalue weighted by atomic mass is 10.1. The summed E-state index contributed by atoms with van der Waals surface area (Å²) in [5.41, 5.74) is 3.72. The normalized spacial score (nSPS) is 10.2. The zero-order valence-corrected chi connectivity index (χ0v) is 13.7. The van der Waals surface area contributed by atoms with E-state index in [0.717, 1.165) is 16.8 Å². The predicted molar refractivity (Wildman–Crippen MR) is 94.9 cm³/mol. The summed E-state index contributed by atoms with van der Waals surface area (Å²) in [6.45, 7) is 0.506. The number of aryl methyl sites for hydroxylation is 1. The van der Waals surface area contributed by atoms with Crippen molar-refractivity contribution in [2.24, 2.45) is 0 Å². The Morgan fingerprint density at radius 1 is 1.08 bits per heavy atom. The van der Waals surface area contributed by atoms with Crippen molar-refractivity contribution in [2.75, 3.05) is 0 Å². The van der Waals surface area contributed by atoms with E-state index in [1.165, 1.54) is 0 Å². The highest BCUT2D eigenvalue weighted by Crippen LogP contribution is 2.09. The van der Waals surface area contributed by atoms with E-state index in [-0.39, 0.29) is 5.91 Å². The molecule has 0 saturated heterocycles. The monoisotopic (exact) mass is 330 g/mol. The summed E-state index contributed by atoms with van der Waals surface area (Å²) >= 11 is 0. The summed E-state index contributed by atoms with van der Waals surface area (Å²) in [6.07, 6.45) is 4.72. The van der Waals surface area contributed by atoms with E-state index in [1.807, 2.05) is 48.7 Å². The standard InChI is InChI=1S/C20H18N4O/c21-14-17-4-2-16(3-5-17)8-11-20(25)22-15-18-6-9-19(10-7-18)24-13-1-12-23-24/h1-7,9-10,12-13H,8,11,15H2,(H,22,25). The molecule has 2 aromatic carbocycles. The summed E-state index contributed by atoms with van der Waals surface area (Å²) in [7, 11) is 0. The zero-order valence-electron chi connectivity index (χ0n) is 13.7. The van der Waals surface area contributed by atoms with E-state index >= 15 is 0 Å². The lowest BCUT2D eigenvalue weighted by Gasteiger charge is -2.07. The molecule has 0 unspecified atom stereocenters. The molecule has 0 saturated carbocycles. The molecule has 124 valence electrons. The molecule has 0 aliphatic heterocycles. The van der Waals surface area contributed by atoms with Gasteiger partial charge in [-0.15, -0.1) is 0 Å². The molecule has 1 aromatic heterocycles. The van der Waals surface area contributed by atoms with Gasteiger partial charge >= 0.3 is 0 Å². The maximum Gasteiger partial charge on any atom is 0.220 e. The van der Waals surface area contributed by atoms with Crippen LogP contribution in [-0.2, 0) is 17.8 Å². The van der Waals surface area contributed by atoms with E-state index in [4.69, 9.17) is 5.26 Å². The van der Waals surface area contributed by atoms with Gasteiger partial charge in [0.05, 0.1) is 17.3 Å². The molecule has 3 aromatic rings. The number of rotatable bonds is 6. The van der Waals surface area contributed by atoms with Gasteiger partial charge in [0, 0.05) is 25.4 Å². The van der Waals surface area contributed by atoms with Crippen LogP contribution < -0.4 is 5.32 Å². The molecular formula is C20H18N4O. The van der Waals surface area contributed by atoms with Crippen molar-refractivity contribution in [1.29, 1.82) is 5.26 Å². The van der Waals surface area contributed by atoms with Crippen molar-refractivity contribution in [3.05, 3.63) is 83.7 Å². The second-order valence-electron chi connectivity index (χ2n) is 5.70.